The summed E-state index contributed by atoms with van der Waals surface area (Å²) in [5.41, 5.74) is -0.385. The first-order valence-electron chi connectivity index (χ1n) is 6.88. The molecule has 0 N–H and O–H groups in total. The average Bonchev–Trinajstić information content (AvgIpc) is 2.25. The maximum atomic E-state index is 11.7. The van der Waals surface area contributed by atoms with Gasteiger partial charge in [-0.2, -0.15) is 0 Å². The monoisotopic (exact) mass is 366 g/mol. The van der Waals surface area contributed by atoms with Crippen molar-refractivity contribution in [2.75, 3.05) is 0 Å². The van der Waals surface area contributed by atoms with E-state index >= 15 is 0 Å². The van der Waals surface area contributed by atoms with Gasteiger partial charge in [0, 0.05) is 0 Å². The zero-order chi connectivity index (χ0) is 14.0. The molecule has 3 heteroatoms. The van der Waals surface area contributed by atoms with Crippen LogP contribution in [0.5, 0.6) is 0 Å². The zero-order valence-corrected chi connectivity index (χ0v) is 14.3. The molecule has 0 aliphatic heterocycles. The molecule has 0 radical (unpaired) electrons. The van der Waals surface area contributed by atoms with E-state index in [-0.39, 0.29) is 15.5 Å². The summed E-state index contributed by atoms with van der Waals surface area (Å²) in [5.74, 6) is -0.112. The molecule has 1 atom stereocenters. The molecule has 0 rings (SSSR count). The highest BCUT2D eigenvalue weighted by molar-refractivity contribution is 14.1. The van der Waals surface area contributed by atoms with Gasteiger partial charge in [0.05, 0.1) is 0 Å². The summed E-state index contributed by atoms with van der Waals surface area (Å²) in [5, 5.41) is 0. The Bertz CT molecular complexity index is 254. The fourth-order valence-corrected chi connectivity index (χ4v) is 1.91. The normalized spacial score (nSPS) is 13.8. The van der Waals surface area contributed by atoms with Crippen LogP contribution in [0.1, 0.15) is 66.2 Å². The number of hydrogen-bond donors (Lipinski definition) is 0. The second-order valence-corrected chi connectivity index (χ2v) is 7.06. The molecule has 0 spiro atoms. The second-order valence-electron chi connectivity index (χ2n) is 5.56. The molecular formula is C15H27IO2. The van der Waals surface area contributed by atoms with Gasteiger partial charge >= 0.3 is 5.97 Å². The van der Waals surface area contributed by atoms with Crippen molar-refractivity contribution in [3.05, 3.63) is 12.2 Å². The third-order valence-corrected chi connectivity index (χ3v) is 3.41. The Morgan fingerprint density at radius 3 is 2.44 bits per heavy atom. The summed E-state index contributed by atoms with van der Waals surface area (Å²) in [6, 6.07) is 0. The first-order chi connectivity index (χ1) is 8.37. The topological polar surface area (TPSA) is 26.3 Å². The van der Waals surface area contributed by atoms with Crippen LogP contribution in [0.4, 0.5) is 0 Å². The molecule has 1 unspecified atom stereocenters. The SMILES string of the molecule is CCCCCC/C=C/CC(I)C(=O)OC(C)(C)C. The van der Waals surface area contributed by atoms with Gasteiger partial charge in [0.25, 0.3) is 0 Å². The Balaban J connectivity index is 3.72. The van der Waals surface area contributed by atoms with E-state index in [9.17, 15) is 4.79 Å². The number of hydrogen-bond acceptors (Lipinski definition) is 2. The molecular weight excluding hydrogens is 339 g/mol. The van der Waals surface area contributed by atoms with Crippen LogP contribution in [-0.4, -0.2) is 15.5 Å². The Kier molecular flexibility index (Phi) is 9.78. The van der Waals surface area contributed by atoms with Crippen LogP contribution >= 0.6 is 22.6 Å². The lowest BCUT2D eigenvalue weighted by molar-refractivity contribution is -0.153. The summed E-state index contributed by atoms with van der Waals surface area (Å²) >= 11 is 2.16. The summed E-state index contributed by atoms with van der Waals surface area (Å²) in [4.78, 5) is 11.7. The third kappa shape index (κ3) is 11.1. The molecule has 106 valence electrons. The first kappa shape index (κ1) is 17.9. The van der Waals surface area contributed by atoms with E-state index in [1.54, 1.807) is 0 Å². The number of alkyl halides is 1. The van der Waals surface area contributed by atoms with Gasteiger partial charge < -0.3 is 4.74 Å². The molecule has 0 aliphatic carbocycles. The van der Waals surface area contributed by atoms with Crippen molar-refractivity contribution >= 4 is 28.6 Å². The number of esters is 1. The molecule has 0 bridgehead atoms. The smallest absolute Gasteiger partial charge is 0.319 e. The van der Waals surface area contributed by atoms with E-state index in [2.05, 4.69) is 41.7 Å². The number of ether oxygens (including phenoxy) is 1. The van der Waals surface area contributed by atoms with Crippen LogP contribution in [0.15, 0.2) is 12.2 Å². The molecule has 0 aromatic carbocycles. The van der Waals surface area contributed by atoms with Gasteiger partial charge in [-0.25, -0.2) is 0 Å². The van der Waals surface area contributed by atoms with Crippen molar-refractivity contribution in [3.63, 3.8) is 0 Å². The van der Waals surface area contributed by atoms with E-state index in [4.69, 9.17) is 4.74 Å². The lowest BCUT2D eigenvalue weighted by Gasteiger charge is -2.21. The summed E-state index contributed by atoms with van der Waals surface area (Å²) in [6.45, 7) is 7.92. The van der Waals surface area contributed by atoms with Gasteiger partial charge in [0.2, 0.25) is 0 Å². The van der Waals surface area contributed by atoms with Crippen molar-refractivity contribution in [1.82, 2.24) is 0 Å². The van der Waals surface area contributed by atoms with Crippen LogP contribution in [0, 0.1) is 0 Å². The third-order valence-electron chi connectivity index (χ3n) is 2.40. The average molecular weight is 366 g/mol. The fourth-order valence-electron chi connectivity index (χ4n) is 1.48. The molecule has 0 heterocycles. The Hall–Kier alpha value is -0.0600. The quantitative estimate of drug-likeness (QED) is 0.198. The highest BCUT2D eigenvalue weighted by atomic mass is 127. The fraction of sp³-hybridized carbons (Fsp3) is 0.800. The van der Waals surface area contributed by atoms with Gasteiger partial charge in [-0.3, -0.25) is 4.79 Å². The number of halogens is 1. The molecule has 0 saturated carbocycles. The van der Waals surface area contributed by atoms with Crippen molar-refractivity contribution in [2.45, 2.75) is 75.7 Å². The lowest BCUT2D eigenvalue weighted by atomic mass is 10.1. The van der Waals surface area contributed by atoms with Crippen LogP contribution in [0.3, 0.4) is 0 Å². The number of carbonyl (C=O) groups excluding carboxylic acids is 1. The zero-order valence-electron chi connectivity index (χ0n) is 12.2. The minimum atomic E-state index is -0.385. The van der Waals surface area contributed by atoms with Crippen LogP contribution in [0.25, 0.3) is 0 Å². The summed E-state index contributed by atoms with van der Waals surface area (Å²) < 4.78 is 5.25. The number of allylic oxidation sites excluding steroid dienone is 2. The summed E-state index contributed by atoms with van der Waals surface area (Å²) in [7, 11) is 0. The number of carbonyl (C=O) groups is 1. The lowest BCUT2D eigenvalue weighted by Crippen LogP contribution is -2.28. The molecule has 0 aromatic heterocycles. The van der Waals surface area contributed by atoms with Crippen molar-refractivity contribution < 1.29 is 9.53 Å². The highest BCUT2D eigenvalue weighted by Crippen LogP contribution is 2.15. The van der Waals surface area contributed by atoms with Gasteiger partial charge in [-0.05, 0) is 40.0 Å². The van der Waals surface area contributed by atoms with Crippen LogP contribution < -0.4 is 0 Å². The van der Waals surface area contributed by atoms with Gasteiger partial charge in [0.15, 0.2) is 0 Å². The van der Waals surface area contributed by atoms with Crippen LogP contribution in [-0.2, 0) is 9.53 Å². The minimum absolute atomic E-state index is 0.0753. The van der Waals surface area contributed by atoms with Crippen LogP contribution in [0.2, 0.25) is 0 Å². The van der Waals surface area contributed by atoms with Gasteiger partial charge in [-0.1, -0.05) is 60.9 Å². The molecule has 0 fully saturated rings. The standard InChI is InChI=1S/C15H27IO2/c1-5-6-7-8-9-10-11-12-13(16)14(17)18-15(2,3)4/h10-11,13H,5-9,12H2,1-4H3/b11-10+. The largest absolute Gasteiger partial charge is 0.459 e. The molecule has 0 saturated heterocycles. The summed E-state index contributed by atoms with van der Waals surface area (Å²) in [6.07, 6.45) is 11.3. The number of unbranched alkanes of at least 4 members (excludes halogenated alkanes) is 4. The predicted molar refractivity (Wildman–Crippen MR) is 86.2 cm³/mol. The number of rotatable bonds is 8. The molecule has 0 aliphatic rings. The molecule has 18 heavy (non-hydrogen) atoms. The molecule has 0 amide bonds. The van der Waals surface area contributed by atoms with Crippen molar-refractivity contribution in [2.24, 2.45) is 0 Å². The second kappa shape index (κ2) is 9.82. The maximum absolute atomic E-state index is 11.7. The Morgan fingerprint density at radius 1 is 1.22 bits per heavy atom. The first-order valence-corrected chi connectivity index (χ1v) is 8.13. The van der Waals surface area contributed by atoms with Gasteiger partial charge in [0.1, 0.15) is 9.53 Å². The van der Waals surface area contributed by atoms with Crippen molar-refractivity contribution in [1.29, 1.82) is 0 Å². The van der Waals surface area contributed by atoms with Gasteiger partial charge in [-0.15, -0.1) is 0 Å². The maximum Gasteiger partial charge on any atom is 0.319 e. The Labute approximate surface area is 126 Å². The van der Waals surface area contributed by atoms with Crippen molar-refractivity contribution in [3.8, 4) is 0 Å². The van der Waals surface area contributed by atoms with E-state index in [1.165, 1.54) is 25.7 Å². The highest BCUT2D eigenvalue weighted by Gasteiger charge is 2.21. The van der Waals surface area contributed by atoms with E-state index < -0.39 is 0 Å². The molecule has 0 aromatic rings. The van der Waals surface area contributed by atoms with E-state index in [1.807, 2.05) is 20.8 Å². The van der Waals surface area contributed by atoms with E-state index in [0.717, 1.165) is 12.8 Å². The predicted octanol–water partition coefficient (Wildman–Crippen LogP) is 5.05. The minimum Gasteiger partial charge on any atom is -0.459 e. The Morgan fingerprint density at radius 2 is 1.89 bits per heavy atom. The molecule has 2 nitrogen and oxygen atoms in total. The van der Waals surface area contributed by atoms with E-state index in [0.29, 0.717) is 0 Å².